The van der Waals surface area contributed by atoms with E-state index in [1.165, 1.54) is 48.8 Å². The minimum Gasteiger partial charge on any atom is -0.299 e. The van der Waals surface area contributed by atoms with Crippen LogP contribution in [0.25, 0.3) is 0 Å². The third-order valence-electron chi connectivity index (χ3n) is 8.17. The molecule has 0 amide bonds. The Bertz CT molecular complexity index is 974. The van der Waals surface area contributed by atoms with Crippen molar-refractivity contribution in [2.45, 2.75) is 109 Å². The minimum atomic E-state index is 0.193. The molecule has 1 aromatic rings. The standard InChI is InChI=1S/C31H40O3/c1-22-14-15-26(20-22)31(34)19-17-25-21-27(16-18-28(25)23-8-3-2-4-9-23)30(33)12-6-5-10-24-11-7-13-29(24)32/h14-16,18,21,23-24H,2-13,17,19-20H2,1H3. The Morgan fingerprint density at radius 1 is 0.912 bits per heavy atom. The van der Waals surface area contributed by atoms with Crippen LogP contribution in [0.5, 0.6) is 0 Å². The van der Waals surface area contributed by atoms with Crippen LogP contribution in [-0.2, 0) is 16.0 Å². The van der Waals surface area contributed by atoms with Crippen LogP contribution in [0, 0.1) is 5.92 Å². The van der Waals surface area contributed by atoms with Crippen molar-refractivity contribution in [2.24, 2.45) is 5.92 Å². The van der Waals surface area contributed by atoms with Crippen LogP contribution < -0.4 is 0 Å². The fourth-order valence-corrected chi connectivity index (χ4v) is 6.08. The minimum absolute atomic E-state index is 0.193. The van der Waals surface area contributed by atoms with Gasteiger partial charge in [0, 0.05) is 30.7 Å². The second-order valence-electron chi connectivity index (χ2n) is 10.8. The molecule has 3 nitrogen and oxygen atoms in total. The normalized spacial score (nSPS) is 21.0. The Hall–Kier alpha value is -2.29. The summed E-state index contributed by atoms with van der Waals surface area (Å²) >= 11 is 0. The molecule has 3 aliphatic rings. The smallest absolute Gasteiger partial charge is 0.162 e. The highest BCUT2D eigenvalue weighted by molar-refractivity contribution is 5.97. The molecule has 0 bridgehead atoms. The van der Waals surface area contributed by atoms with Crippen LogP contribution in [0.2, 0.25) is 0 Å². The Balaban J connectivity index is 1.38. The molecule has 1 atom stereocenters. The molecule has 182 valence electrons. The number of aryl methyl sites for hydroxylation is 1. The summed E-state index contributed by atoms with van der Waals surface area (Å²) in [6, 6.07) is 6.29. The summed E-state index contributed by atoms with van der Waals surface area (Å²) in [5.41, 5.74) is 5.52. The molecule has 2 fully saturated rings. The van der Waals surface area contributed by atoms with Gasteiger partial charge in [-0.3, -0.25) is 14.4 Å². The van der Waals surface area contributed by atoms with Crippen molar-refractivity contribution in [1.82, 2.24) is 0 Å². The molecule has 34 heavy (non-hydrogen) atoms. The van der Waals surface area contributed by atoms with Crippen LogP contribution >= 0.6 is 0 Å². The summed E-state index contributed by atoms with van der Waals surface area (Å²) in [5.74, 6) is 1.65. The van der Waals surface area contributed by atoms with E-state index >= 15 is 0 Å². The van der Waals surface area contributed by atoms with Crippen molar-refractivity contribution < 1.29 is 14.4 Å². The van der Waals surface area contributed by atoms with E-state index in [9.17, 15) is 14.4 Å². The Morgan fingerprint density at radius 3 is 2.44 bits per heavy atom. The highest BCUT2D eigenvalue weighted by Crippen LogP contribution is 2.36. The predicted molar refractivity (Wildman–Crippen MR) is 137 cm³/mol. The number of hydrogen-bond acceptors (Lipinski definition) is 3. The number of carbonyl (C=O) groups excluding carboxylic acids is 3. The van der Waals surface area contributed by atoms with Crippen molar-refractivity contribution in [3.63, 3.8) is 0 Å². The van der Waals surface area contributed by atoms with Gasteiger partial charge in [-0.25, -0.2) is 0 Å². The van der Waals surface area contributed by atoms with Crippen LogP contribution in [-0.4, -0.2) is 17.3 Å². The average Bonchev–Trinajstić information content (AvgIpc) is 3.48. The van der Waals surface area contributed by atoms with Gasteiger partial charge in [-0.15, -0.1) is 0 Å². The lowest BCUT2D eigenvalue weighted by molar-refractivity contribution is -0.120. The van der Waals surface area contributed by atoms with Crippen molar-refractivity contribution >= 4 is 17.3 Å². The zero-order valence-electron chi connectivity index (χ0n) is 20.9. The first-order chi connectivity index (χ1) is 16.5. The molecule has 1 unspecified atom stereocenters. The number of rotatable bonds is 11. The van der Waals surface area contributed by atoms with Gasteiger partial charge >= 0.3 is 0 Å². The summed E-state index contributed by atoms with van der Waals surface area (Å²) in [7, 11) is 0. The van der Waals surface area contributed by atoms with E-state index in [4.69, 9.17) is 0 Å². The van der Waals surface area contributed by atoms with E-state index in [1.807, 2.05) is 18.2 Å². The molecule has 1 aromatic carbocycles. The highest BCUT2D eigenvalue weighted by atomic mass is 16.1. The Kier molecular flexibility index (Phi) is 8.69. The fraction of sp³-hybridized carbons (Fsp3) is 0.581. The number of unbranched alkanes of at least 4 members (excludes halogenated alkanes) is 1. The van der Waals surface area contributed by atoms with Crippen LogP contribution in [0.4, 0.5) is 0 Å². The summed E-state index contributed by atoms with van der Waals surface area (Å²) in [5, 5.41) is 0. The van der Waals surface area contributed by atoms with Crippen molar-refractivity contribution in [2.75, 3.05) is 0 Å². The molecule has 0 N–H and O–H groups in total. The largest absolute Gasteiger partial charge is 0.299 e. The van der Waals surface area contributed by atoms with E-state index in [1.54, 1.807) is 0 Å². The number of Topliss-reactive ketones (excluding diaryl/α,β-unsaturated/α-hetero) is 3. The van der Waals surface area contributed by atoms with E-state index < -0.39 is 0 Å². The number of carbonyl (C=O) groups is 3. The van der Waals surface area contributed by atoms with Gasteiger partial charge in [0.1, 0.15) is 5.78 Å². The van der Waals surface area contributed by atoms with Gasteiger partial charge in [-0.1, -0.05) is 55.5 Å². The van der Waals surface area contributed by atoms with E-state index in [2.05, 4.69) is 19.1 Å². The topological polar surface area (TPSA) is 51.2 Å². The third kappa shape index (κ3) is 6.43. The molecule has 0 spiro atoms. The molecule has 0 radical (unpaired) electrons. The summed E-state index contributed by atoms with van der Waals surface area (Å²) in [6.45, 7) is 2.07. The fourth-order valence-electron chi connectivity index (χ4n) is 6.08. The molecule has 4 rings (SSSR count). The Labute approximate surface area is 205 Å². The number of ketones is 3. The van der Waals surface area contributed by atoms with Crippen LogP contribution in [0.15, 0.2) is 41.5 Å². The molecule has 0 aromatic heterocycles. The first kappa shape index (κ1) is 24.8. The second-order valence-corrected chi connectivity index (χ2v) is 10.8. The first-order valence-electron chi connectivity index (χ1n) is 13.6. The van der Waals surface area contributed by atoms with E-state index in [0.717, 1.165) is 56.1 Å². The van der Waals surface area contributed by atoms with Gasteiger partial charge in [-0.2, -0.15) is 0 Å². The monoisotopic (exact) mass is 460 g/mol. The van der Waals surface area contributed by atoms with E-state index in [-0.39, 0.29) is 17.5 Å². The maximum Gasteiger partial charge on any atom is 0.162 e. The number of benzene rings is 1. The number of allylic oxidation sites excluding steroid dienone is 4. The first-order valence-corrected chi connectivity index (χ1v) is 13.6. The van der Waals surface area contributed by atoms with Crippen LogP contribution in [0.3, 0.4) is 0 Å². The zero-order chi connectivity index (χ0) is 23.9. The molecule has 0 heterocycles. The van der Waals surface area contributed by atoms with Gasteiger partial charge in [-0.05, 0) is 87.0 Å². The molecular formula is C31H40O3. The van der Waals surface area contributed by atoms with Gasteiger partial charge in [0.2, 0.25) is 0 Å². The van der Waals surface area contributed by atoms with Gasteiger partial charge in [0.05, 0.1) is 0 Å². The maximum absolute atomic E-state index is 13.0. The molecule has 0 saturated heterocycles. The lowest BCUT2D eigenvalue weighted by Gasteiger charge is -2.25. The zero-order valence-corrected chi connectivity index (χ0v) is 20.9. The summed E-state index contributed by atoms with van der Waals surface area (Å²) in [6.07, 6.45) is 18.4. The summed E-state index contributed by atoms with van der Waals surface area (Å²) in [4.78, 5) is 37.6. The SMILES string of the molecule is CC1=CC=C(C(=O)CCc2cc(C(=O)CCCCC3CCCC3=O)ccc2C2CCCCC2)C1. The predicted octanol–water partition coefficient (Wildman–Crippen LogP) is 7.62. The van der Waals surface area contributed by atoms with Gasteiger partial charge in [0.15, 0.2) is 11.6 Å². The van der Waals surface area contributed by atoms with Crippen molar-refractivity contribution in [1.29, 1.82) is 0 Å². The Morgan fingerprint density at radius 2 is 1.74 bits per heavy atom. The van der Waals surface area contributed by atoms with Gasteiger partial charge < -0.3 is 0 Å². The third-order valence-corrected chi connectivity index (χ3v) is 8.17. The maximum atomic E-state index is 13.0. The van der Waals surface area contributed by atoms with Gasteiger partial charge in [0.25, 0.3) is 0 Å². The molecule has 0 aliphatic heterocycles. The lowest BCUT2D eigenvalue weighted by atomic mass is 9.80. The number of hydrogen-bond donors (Lipinski definition) is 0. The average molecular weight is 461 g/mol. The lowest BCUT2D eigenvalue weighted by Crippen LogP contribution is -2.11. The quantitative estimate of drug-likeness (QED) is 0.252. The molecule has 2 saturated carbocycles. The van der Waals surface area contributed by atoms with E-state index in [0.29, 0.717) is 31.0 Å². The second kappa shape index (κ2) is 11.9. The summed E-state index contributed by atoms with van der Waals surface area (Å²) < 4.78 is 0. The molecular weight excluding hydrogens is 420 g/mol. The molecule has 3 heteroatoms. The van der Waals surface area contributed by atoms with Crippen LogP contribution in [0.1, 0.15) is 124 Å². The molecule has 3 aliphatic carbocycles. The van der Waals surface area contributed by atoms with Crippen molar-refractivity contribution in [3.05, 3.63) is 58.2 Å². The van der Waals surface area contributed by atoms with Crippen molar-refractivity contribution in [3.8, 4) is 0 Å². The highest BCUT2D eigenvalue weighted by Gasteiger charge is 2.24.